The Labute approximate surface area is 115 Å². The first kappa shape index (κ1) is 13.3. The van der Waals surface area contributed by atoms with Crippen LogP contribution in [0.1, 0.15) is 16.1 Å². The number of aromatic carboxylic acids is 1. The molecule has 98 valence electrons. The number of rotatable bonds is 2. The summed E-state index contributed by atoms with van der Waals surface area (Å²) in [5.41, 5.74) is 0.578. The Hall–Kier alpha value is -3.13. The second-order valence-corrected chi connectivity index (χ2v) is 3.78. The highest BCUT2D eigenvalue weighted by Gasteiger charge is 2.06. The number of aromatic nitrogens is 1. The van der Waals surface area contributed by atoms with Gasteiger partial charge in [0.2, 0.25) is 0 Å². The minimum Gasteiger partial charge on any atom is -0.477 e. The van der Waals surface area contributed by atoms with E-state index in [1.165, 1.54) is 18.2 Å². The van der Waals surface area contributed by atoms with Gasteiger partial charge in [-0.15, -0.1) is 0 Å². The van der Waals surface area contributed by atoms with E-state index in [4.69, 9.17) is 5.11 Å². The molecule has 0 saturated carbocycles. The van der Waals surface area contributed by atoms with E-state index in [0.717, 1.165) is 5.56 Å². The Kier molecular flexibility index (Phi) is 4.10. The number of nitrogens with one attached hydrogen (secondary N) is 1. The van der Waals surface area contributed by atoms with Crippen LogP contribution in [-0.2, 0) is 4.79 Å². The van der Waals surface area contributed by atoms with E-state index >= 15 is 0 Å². The Bertz CT molecular complexity index is 700. The molecule has 0 aliphatic heterocycles. The maximum absolute atomic E-state index is 11.6. The van der Waals surface area contributed by atoms with Crippen LogP contribution in [-0.4, -0.2) is 22.0 Å². The van der Waals surface area contributed by atoms with Crippen LogP contribution in [0, 0.1) is 11.8 Å². The number of nitrogens with zero attached hydrogens (tertiary/aromatic N) is 1. The summed E-state index contributed by atoms with van der Waals surface area (Å²) in [5, 5.41) is 11.2. The fraction of sp³-hybridized carbons (Fsp3) is 0. The van der Waals surface area contributed by atoms with Gasteiger partial charge in [0.1, 0.15) is 5.82 Å². The third kappa shape index (κ3) is 3.68. The van der Waals surface area contributed by atoms with Gasteiger partial charge < -0.3 is 5.11 Å². The van der Waals surface area contributed by atoms with Crippen molar-refractivity contribution in [3.63, 3.8) is 0 Å². The molecule has 2 rings (SSSR count). The van der Waals surface area contributed by atoms with Gasteiger partial charge in [-0.05, 0) is 24.3 Å². The molecule has 2 aromatic rings. The molecule has 0 fully saturated rings. The number of carboxylic acids is 1. The standard InChI is InChI=1S/C15H10N2O3/c18-14(10-9-11-5-2-1-3-6-11)17-13-8-4-7-12(16-13)15(19)20/h1-8H,(H,19,20)(H,16,17,18). The third-order valence-electron chi connectivity index (χ3n) is 2.30. The van der Waals surface area contributed by atoms with E-state index in [9.17, 15) is 9.59 Å². The summed E-state index contributed by atoms with van der Waals surface area (Å²) >= 11 is 0. The van der Waals surface area contributed by atoms with Crippen molar-refractivity contribution < 1.29 is 14.7 Å². The topological polar surface area (TPSA) is 79.3 Å². The highest BCUT2D eigenvalue weighted by molar-refractivity contribution is 6.04. The van der Waals surface area contributed by atoms with Gasteiger partial charge in [0.05, 0.1) is 0 Å². The predicted octanol–water partition coefficient (Wildman–Crippen LogP) is 1.77. The molecular formula is C15H10N2O3. The minimum absolute atomic E-state index is 0.140. The molecule has 0 bridgehead atoms. The van der Waals surface area contributed by atoms with Gasteiger partial charge in [0.25, 0.3) is 0 Å². The number of benzene rings is 1. The van der Waals surface area contributed by atoms with Crippen molar-refractivity contribution in [3.8, 4) is 11.8 Å². The lowest BCUT2D eigenvalue weighted by atomic mass is 10.2. The van der Waals surface area contributed by atoms with Crippen LogP contribution < -0.4 is 5.32 Å². The summed E-state index contributed by atoms with van der Waals surface area (Å²) < 4.78 is 0. The van der Waals surface area contributed by atoms with Gasteiger partial charge in [-0.2, -0.15) is 0 Å². The Morgan fingerprint density at radius 2 is 1.80 bits per heavy atom. The smallest absolute Gasteiger partial charge is 0.354 e. The maximum atomic E-state index is 11.6. The molecule has 0 aliphatic rings. The number of hydrogen-bond donors (Lipinski definition) is 2. The van der Waals surface area contributed by atoms with E-state index in [1.54, 1.807) is 12.1 Å². The van der Waals surface area contributed by atoms with E-state index < -0.39 is 11.9 Å². The lowest BCUT2D eigenvalue weighted by Gasteiger charge is -2.00. The van der Waals surface area contributed by atoms with Crippen molar-refractivity contribution in [2.24, 2.45) is 0 Å². The maximum Gasteiger partial charge on any atom is 0.354 e. The molecule has 0 spiro atoms. The van der Waals surface area contributed by atoms with Gasteiger partial charge in [-0.1, -0.05) is 30.2 Å². The number of anilines is 1. The zero-order valence-electron chi connectivity index (χ0n) is 10.3. The minimum atomic E-state index is -1.16. The van der Waals surface area contributed by atoms with Crippen LogP contribution in [0.15, 0.2) is 48.5 Å². The largest absolute Gasteiger partial charge is 0.477 e. The molecule has 0 saturated heterocycles. The number of carbonyl (C=O) groups excluding carboxylic acids is 1. The zero-order valence-corrected chi connectivity index (χ0v) is 10.3. The monoisotopic (exact) mass is 266 g/mol. The van der Waals surface area contributed by atoms with Crippen molar-refractivity contribution in [3.05, 3.63) is 59.8 Å². The molecule has 5 nitrogen and oxygen atoms in total. The summed E-state index contributed by atoms with van der Waals surface area (Å²) in [7, 11) is 0. The predicted molar refractivity (Wildman–Crippen MR) is 73.1 cm³/mol. The van der Waals surface area contributed by atoms with Crippen LogP contribution in [0.4, 0.5) is 5.82 Å². The van der Waals surface area contributed by atoms with Gasteiger partial charge in [-0.25, -0.2) is 9.78 Å². The van der Waals surface area contributed by atoms with Gasteiger partial charge in [0, 0.05) is 11.5 Å². The number of carbonyl (C=O) groups is 2. The fourth-order valence-electron chi connectivity index (χ4n) is 1.42. The molecule has 0 aliphatic carbocycles. The van der Waals surface area contributed by atoms with E-state index in [1.807, 2.05) is 18.2 Å². The Balaban J connectivity index is 2.07. The number of pyridine rings is 1. The average Bonchev–Trinajstić information content (AvgIpc) is 2.46. The van der Waals surface area contributed by atoms with Crippen LogP contribution in [0.2, 0.25) is 0 Å². The molecule has 0 unspecified atom stereocenters. The highest BCUT2D eigenvalue weighted by atomic mass is 16.4. The fourth-order valence-corrected chi connectivity index (χ4v) is 1.42. The second kappa shape index (κ2) is 6.16. The third-order valence-corrected chi connectivity index (χ3v) is 2.30. The zero-order chi connectivity index (χ0) is 14.4. The quantitative estimate of drug-likeness (QED) is 0.812. The first-order valence-corrected chi connectivity index (χ1v) is 5.73. The number of hydrogen-bond acceptors (Lipinski definition) is 3. The first-order chi connectivity index (χ1) is 9.65. The lowest BCUT2D eigenvalue weighted by molar-refractivity contribution is -0.111. The van der Waals surface area contributed by atoms with Crippen molar-refractivity contribution in [2.45, 2.75) is 0 Å². The summed E-state index contributed by atoms with van der Waals surface area (Å²) in [6.07, 6.45) is 0. The molecule has 20 heavy (non-hydrogen) atoms. The van der Waals surface area contributed by atoms with Crippen molar-refractivity contribution in [1.82, 2.24) is 4.98 Å². The summed E-state index contributed by atoms with van der Waals surface area (Å²) in [6.45, 7) is 0. The van der Waals surface area contributed by atoms with Gasteiger partial charge >= 0.3 is 11.9 Å². The first-order valence-electron chi connectivity index (χ1n) is 5.73. The number of amides is 1. The second-order valence-electron chi connectivity index (χ2n) is 3.78. The molecule has 0 atom stereocenters. The molecule has 0 radical (unpaired) electrons. The summed E-state index contributed by atoms with van der Waals surface area (Å²) in [4.78, 5) is 26.1. The van der Waals surface area contributed by atoms with E-state index in [-0.39, 0.29) is 11.5 Å². The molecule has 1 amide bonds. The Morgan fingerprint density at radius 3 is 2.50 bits per heavy atom. The van der Waals surface area contributed by atoms with Crippen LogP contribution in [0.5, 0.6) is 0 Å². The average molecular weight is 266 g/mol. The number of carboxylic acid groups (broad SMARTS) is 1. The summed E-state index contributed by atoms with van der Waals surface area (Å²) in [6, 6.07) is 13.4. The SMILES string of the molecule is O=C(C#Cc1ccccc1)Nc1cccc(C(=O)O)n1. The normalized spacial score (nSPS) is 9.20. The van der Waals surface area contributed by atoms with E-state index in [2.05, 4.69) is 22.1 Å². The lowest BCUT2D eigenvalue weighted by Crippen LogP contribution is -2.11. The van der Waals surface area contributed by atoms with E-state index in [0.29, 0.717) is 0 Å². The van der Waals surface area contributed by atoms with Crippen molar-refractivity contribution >= 4 is 17.7 Å². The van der Waals surface area contributed by atoms with Crippen molar-refractivity contribution in [1.29, 1.82) is 0 Å². The van der Waals surface area contributed by atoms with Gasteiger partial charge in [0.15, 0.2) is 5.69 Å². The van der Waals surface area contributed by atoms with Gasteiger partial charge in [-0.3, -0.25) is 10.1 Å². The molecule has 2 N–H and O–H groups in total. The van der Waals surface area contributed by atoms with Crippen molar-refractivity contribution in [2.75, 3.05) is 5.32 Å². The molecular weight excluding hydrogens is 256 g/mol. The Morgan fingerprint density at radius 1 is 1.05 bits per heavy atom. The van der Waals surface area contributed by atoms with Crippen LogP contribution >= 0.6 is 0 Å². The van der Waals surface area contributed by atoms with Crippen LogP contribution in [0.3, 0.4) is 0 Å². The molecule has 5 heteroatoms. The highest BCUT2D eigenvalue weighted by Crippen LogP contribution is 2.04. The van der Waals surface area contributed by atoms with Crippen LogP contribution in [0.25, 0.3) is 0 Å². The molecule has 1 aromatic heterocycles. The summed E-state index contributed by atoms with van der Waals surface area (Å²) in [5.74, 6) is 3.55. The molecule has 1 heterocycles. The molecule has 1 aromatic carbocycles.